The smallest absolute Gasteiger partial charge is 0.493 e. The van der Waals surface area contributed by atoms with Crippen LogP contribution < -0.4 is 9.47 Å². The second-order valence-corrected chi connectivity index (χ2v) is 6.18. The van der Waals surface area contributed by atoms with Gasteiger partial charge < -0.3 is 23.5 Å². The SMILES string of the molecule is COC(=O)c1nc(-c2ccc(OC(F)(F)F)c(OC)c2)n2c1CCOC(C)C2. The number of ether oxygens (including phenoxy) is 4. The van der Waals surface area contributed by atoms with E-state index in [1.165, 1.54) is 26.4 Å². The van der Waals surface area contributed by atoms with Crippen LogP contribution in [0.4, 0.5) is 13.2 Å². The zero-order valence-corrected chi connectivity index (χ0v) is 15.5. The van der Waals surface area contributed by atoms with Gasteiger partial charge in [-0.25, -0.2) is 9.78 Å². The molecule has 1 aromatic carbocycles. The third kappa shape index (κ3) is 4.06. The third-order valence-electron chi connectivity index (χ3n) is 4.28. The van der Waals surface area contributed by atoms with Crippen molar-refractivity contribution in [1.29, 1.82) is 0 Å². The van der Waals surface area contributed by atoms with E-state index >= 15 is 0 Å². The number of fused-ring (bicyclic) bond motifs is 1. The predicted molar refractivity (Wildman–Crippen MR) is 91.4 cm³/mol. The molecule has 28 heavy (non-hydrogen) atoms. The van der Waals surface area contributed by atoms with Crippen LogP contribution >= 0.6 is 0 Å². The topological polar surface area (TPSA) is 71.8 Å². The van der Waals surface area contributed by atoms with Crippen LogP contribution in [-0.2, 0) is 22.4 Å². The fraction of sp³-hybridized carbons (Fsp3) is 0.444. The molecule has 10 heteroatoms. The number of carbonyl (C=O) groups is 1. The summed E-state index contributed by atoms with van der Waals surface area (Å²) >= 11 is 0. The molecular weight excluding hydrogens is 381 g/mol. The molecule has 0 fully saturated rings. The van der Waals surface area contributed by atoms with Gasteiger partial charge in [0.15, 0.2) is 17.2 Å². The summed E-state index contributed by atoms with van der Waals surface area (Å²) in [5.74, 6) is -0.755. The number of hydrogen-bond donors (Lipinski definition) is 0. The molecular formula is C18H19F3N2O5. The van der Waals surface area contributed by atoms with E-state index < -0.39 is 18.1 Å². The number of nitrogens with zero attached hydrogens (tertiary/aromatic N) is 2. The first-order valence-electron chi connectivity index (χ1n) is 8.47. The Kier molecular flexibility index (Phi) is 5.50. The van der Waals surface area contributed by atoms with Gasteiger partial charge in [0.2, 0.25) is 0 Å². The number of alkyl halides is 3. The lowest BCUT2D eigenvalue weighted by atomic mass is 10.2. The Morgan fingerprint density at radius 3 is 2.68 bits per heavy atom. The van der Waals surface area contributed by atoms with Crippen LogP contribution in [0, 0.1) is 0 Å². The first-order chi connectivity index (χ1) is 13.2. The van der Waals surface area contributed by atoms with E-state index in [0.717, 1.165) is 6.07 Å². The van der Waals surface area contributed by atoms with Crippen molar-refractivity contribution in [2.24, 2.45) is 0 Å². The van der Waals surface area contributed by atoms with Gasteiger partial charge in [-0.05, 0) is 25.1 Å². The predicted octanol–water partition coefficient (Wildman–Crippen LogP) is 3.21. The van der Waals surface area contributed by atoms with Crippen molar-refractivity contribution >= 4 is 5.97 Å². The monoisotopic (exact) mass is 400 g/mol. The molecule has 3 rings (SSSR count). The number of esters is 1. The average Bonchev–Trinajstić information content (AvgIpc) is 2.87. The maximum absolute atomic E-state index is 12.6. The van der Waals surface area contributed by atoms with Crippen molar-refractivity contribution in [3.63, 3.8) is 0 Å². The number of halogens is 3. The molecule has 1 aliphatic heterocycles. The summed E-state index contributed by atoms with van der Waals surface area (Å²) in [7, 11) is 2.50. The lowest BCUT2D eigenvalue weighted by molar-refractivity contribution is -0.275. The van der Waals surface area contributed by atoms with Crippen LogP contribution in [-0.4, -0.2) is 48.8 Å². The minimum atomic E-state index is -4.84. The highest BCUT2D eigenvalue weighted by Gasteiger charge is 2.33. The van der Waals surface area contributed by atoms with E-state index in [9.17, 15) is 18.0 Å². The number of aromatic nitrogens is 2. The van der Waals surface area contributed by atoms with E-state index in [0.29, 0.717) is 36.7 Å². The van der Waals surface area contributed by atoms with Gasteiger partial charge in [-0.15, -0.1) is 13.2 Å². The molecule has 152 valence electrons. The zero-order chi connectivity index (χ0) is 20.5. The van der Waals surface area contributed by atoms with E-state index in [-0.39, 0.29) is 17.5 Å². The summed E-state index contributed by atoms with van der Waals surface area (Å²) in [4.78, 5) is 16.6. The molecule has 0 bridgehead atoms. The maximum atomic E-state index is 12.6. The van der Waals surface area contributed by atoms with E-state index in [2.05, 4.69) is 9.72 Å². The quantitative estimate of drug-likeness (QED) is 0.734. The Bertz CT molecular complexity index is 879. The van der Waals surface area contributed by atoms with Gasteiger partial charge in [-0.1, -0.05) is 0 Å². The molecule has 0 N–H and O–H groups in total. The number of carbonyl (C=O) groups excluding carboxylic acids is 1. The summed E-state index contributed by atoms with van der Waals surface area (Å²) in [5.41, 5.74) is 1.28. The second-order valence-electron chi connectivity index (χ2n) is 6.18. The van der Waals surface area contributed by atoms with E-state index in [1.54, 1.807) is 0 Å². The van der Waals surface area contributed by atoms with Crippen LogP contribution in [0.25, 0.3) is 11.4 Å². The Morgan fingerprint density at radius 2 is 2.04 bits per heavy atom. The zero-order valence-electron chi connectivity index (χ0n) is 15.5. The average molecular weight is 400 g/mol. The first kappa shape index (κ1) is 20.0. The molecule has 0 saturated carbocycles. The van der Waals surface area contributed by atoms with E-state index in [1.807, 2.05) is 11.5 Å². The van der Waals surface area contributed by atoms with Crippen LogP contribution in [0.2, 0.25) is 0 Å². The number of imidazole rings is 1. The van der Waals surface area contributed by atoms with Gasteiger partial charge >= 0.3 is 12.3 Å². The molecule has 1 aliphatic rings. The Labute approximate surface area is 159 Å². The number of benzene rings is 1. The first-order valence-corrected chi connectivity index (χ1v) is 8.47. The van der Waals surface area contributed by atoms with Crippen LogP contribution in [0.3, 0.4) is 0 Å². The summed E-state index contributed by atoms with van der Waals surface area (Å²) in [6, 6.07) is 3.96. The molecule has 1 atom stereocenters. The van der Waals surface area contributed by atoms with Crippen molar-refractivity contribution in [1.82, 2.24) is 9.55 Å². The number of hydrogen-bond acceptors (Lipinski definition) is 6. The minimum absolute atomic E-state index is 0.107. The van der Waals surface area contributed by atoms with Gasteiger partial charge in [0, 0.05) is 12.0 Å². The van der Waals surface area contributed by atoms with Gasteiger partial charge in [0.05, 0.1) is 39.2 Å². The molecule has 1 unspecified atom stereocenters. The highest BCUT2D eigenvalue weighted by Crippen LogP contribution is 2.36. The molecule has 2 aromatic rings. The third-order valence-corrected chi connectivity index (χ3v) is 4.28. The van der Waals surface area contributed by atoms with Crippen molar-refractivity contribution < 1.29 is 36.9 Å². The fourth-order valence-electron chi connectivity index (χ4n) is 3.10. The Balaban J connectivity index is 2.10. The lowest BCUT2D eigenvalue weighted by Crippen LogP contribution is -2.17. The van der Waals surface area contributed by atoms with Crippen LogP contribution in [0.1, 0.15) is 23.1 Å². The molecule has 1 aromatic heterocycles. The van der Waals surface area contributed by atoms with Gasteiger partial charge in [-0.2, -0.15) is 0 Å². The molecule has 2 heterocycles. The summed E-state index contributed by atoms with van der Waals surface area (Å²) < 4.78 is 59.0. The standard InChI is InChI=1S/C18H19F3N2O5/c1-10-9-23-12(6-7-27-10)15(17(24)26-3)22-16(23)11-4-5-13(14(8-11)25-2)28-18(19,20)21/h4-5,8,10H,6-7,9H2,1-3H3. The van der Waals surface area contributed by atoms with Crippen molar-refractivity contribution in [3.8, 4) is 22.9 Å². The highest BCUT2D eigenvalue weighted by molar-refractivity contribution is 5.89. The minimum Gasteiger partial charge on any atom is -0.493 e. The largest absolute Gasteiger partial charge is 0.573 e. The van der Waals surface area contributed by atoms with Gasteiger partial charge in [0.1, 0.15) is 5.82 Å². The molecule has 0 radical (unpaired) electrons. The summed E-state index contributed by atoms with van der Waals surface area (Å²) in [5, 5.41) is 0. The molecule has 0 spiro atoms. The normalized spacial score (nSPS) is 16.9. The van der Waals surface area contributed by atoms with Gasteiger partial charge in [-0.3, -0.25) is 0 Å². The second kappa shape index (κ2) is 7.70. The van der Waals surface area contributed by atoms with E-state index in [4.69, 9.17) is 14.2 Å². The van der Waals surface area contributed by atoms with Crippen molar-refractivity contribution in [2.75, 3.05) is 20.8 Å². The molecule has 0 aliphatic carbocycles. The fourth-order valence-corrected chi connectivity index (χ4v) is 3.10. The van der Waals surface area contributed by atoms with Crippen molar-refractivity contribution in [2.45, 2.75) is 32.4 Å². The maximum Gasteiger partial charge on any atom is 0.573 e. The van der Waals surface area contributed by atoms with Crippen LogP contribution in [0.15, 0.2) is 18.2 Å². The highest BCUT2D eigenvalue weighted by atomic mass is 19.4. The summed E-state index contributed by atoms with van der Waals surface area (Å²) in [6.07, 6.45) is -4.52. The lowest BCUT2D eigenvalue weighted by Gasteiger charge is -2.15. The Morgan fingerprint density at radius 1 is 1.29 bits per heavy atom. The number of rotatable bonds is 4. The molecule has 0 amide bonds. The Hall–Kier alpha value is -2.75. The summed E-state index contributed by atoms with van der Waals surface area (Å²) in [6.45, 7) is 2.73. The molecule has 0 saturated heterocycles. The molecule has 7 nitrogen and oxygen atoms in total. The van der Waals surface area contributed by atoms with Crippen LogP contribution in [0.5, 0.6) is 11.5 Å². The number of methoxy groups -OCH3 is 2. The van der Waals surface area contributed by atoms with Gasteiger partial charge in [0.25, 0.3) is 0 Å². The van der Waals surface area contributed by atoms with Crippen molar-refractivity contribution in [3.05, 3.63) is 29.6 Å².